The van der Waals surface area contributed by atoms with Crippen LogP contribution in [0.15, 0.2) is 60.2 Å². The molecule has 2 aliphatic heterocycles. The van der Waals surface area contributed by atoms with E-state index in [1.54, 1.807) is 0 Å². The maximum atomic E-state index is 12.8. The summed E-state index contributed by atoms with van der Waals surface area (Å²) in [5.41, 5.74) is 5.12. The molecule has 4 heteroatoms. The van der Waals surface area contributed by atoms with Gasteiger partial charge in [0.05, 0.1) is 30.1 Å². The Morgan fingerprint density at radius 2 is 1.83 bits per heavy atom. The number of benzene rings is 2. The first kappa shape index (κ1) is 14.8. The number of rotatable bonds is 3. The number of hydrogen-bond donors (Lipinski definition) is 0. The summed E-state index contributed by atoms with van der Waals surface area (Å²) in [6, 6.07) is 18.4. The summed E-state index contributed by atoms with van der Waals surface area (Å²) in [7, 11) is 2.04. The maximum Gasteiger partial charge on any atom is 0.336 e. The summed E-state index contributed by atoms with van der Waals surface area (Å²) in [6.07, 6.45) is 0. The fourth-order valence-corrected chi connectivity index (χ4v) is 3.71. The van der Waals surface area contributed by atoms with Crippen molar-refractivity contribution in [3.05, 3.63) is 71.3 Å². The number of carbonyl (C=O) groups is 1. The van der Waals surface area contributed by atoms with E-state index in [1.807, 2.05) is 44.3 Å². The molecule has 2 heterocycles. The maximum absolute atomic E-state index is 12.8. The van der Waals surface area contributed by atoms with Crippen molar-refractivity contribution in [3.8, 4) is 0 Å². The number of hydrazine groups is 1. The van der Waals surface area contributed by atoms with Gasteiger partial charge >= 0.3 is 5.97 Å². The molecular weight excluding hydrogens is 300 g/mol. The summed E-state index contributed by atoms with van der Waals surface area (Å²) in [6.45, 7) is 2.98. The van der Waals surface area contributed by atoms with Crippen molar-refractivity contribution in [2.24, 2.45) is 0 Å². The second kappa shape index (κ2) is 5.71. The van der Waals surface area contributed by atoms with Crippen molar-refractivity contribution < 1.29 is 9.53 Å². The van der Waals surface area contributed by atoms with E-state index in [-0.39, 0.29) is 11.9 Å². The molecule has 0 aliphatic carbocycles. The van der Waals surface area contributed by atoms with E-state index in [2.05, 4.69) is 34.3 Å². The Bertz CT molecular complexity index is 813. The van der Waals surface area contributed by atoms with Gasteiger partial charge in [0.25, 0.3) is 0 Å². The van der Waals surface area contributed by atoms with Gasteiger partial charge in [-0.25, -0.2) is 4.79 Å². The van der Waals surface area contributed by atoms with Gasteiger partial charge in [0.1, 0.15) is 0 Å². The molecule has 0 fully saturated rings. The zero-order valence-corrected chi connectivity index (χ0v) is 13.9. The van der Waals surface area contributed by atoms with E-state index >= 15 is 0 Å². The first-order valence-electron chi connectivity index (χ1n) is 8.29. The number of ether oxygens (including phenoxy) is 1. The van der Waals surface area contributed by atoms with Crippen LogP contribution < -0.4 is 5.01 Å². The molecule has 24 heavy (non-hydrogen) atoms. The molecule has 1 atom stereocenters. The van der Waals surface area contributed by atoms with E-state index in [0.29, 0.717) is 6.61 Å². The molecule has 0 N–H and O–H groups in total. The predicted molar refractivity (Wildman–Crippen MR) is 94.3 cm³/mol. The van der Waals surface area contributed by atoms with Crippen LogP contribution in [0.2, 0.25) is 0 Å². The van der Waals surface area contributed by atoms with Crippen molar-refractivity contribution >= 4 is 17.4 Å². The Morgan fingerprint density at radius 3 is 2.58 bits per heavy atom. The van der Waals surface area contributed by atoms with E-state index in [1.165, 1.54) is 0 Å². The highest BCUT2D eigenvalue weighted by molar-refractivity contribution is 6.03. The molecule has 0 saturated heterocycles. The lowest BCUT2D eigenvalue weighted by molar-refractivity contribution is -0.138. The average Bonchev–Trinajstić information content (AvgIpc) is 3.13. The minimum absolute atomic E-state index is 0.0241. The SMILES string of the molecule is CCOC(=O)C1=C2c3ccccc3N(C)N2CC1c1ccccc1. The first-order chi connectivity index (χ1) is 11.7. The van der Waals surface area contributed by atoms with E-state index < -0.39 is 0 Å². The molecule has 4 rings (SSSR count). The van der Waals surface area contributed by atoms with Crippen LogP contribution in [0.5, 0.6) is 0 Å². The van der Waals surface area contributed by atoms with Gasteiger partial charge < -0.3 is 4.74 Å². The quantitative estimate of drug-likeness (QED) is 0.811. The molecule has 1 unspecified atom stereocenters. The fraction of sp³-hybridized carbons (Fsp3) is 0.250. The number of esters is 1. The molecule has 0 radical (unpaired) electrons. The number of para-hydroxylation sites is 1. The van der Waals surface area contributed by atoms with Gasteiger partial charge in [-0.2, -0.15) is 0 Å². The van der Waals surface area contributed by atoms with E-state index in [4.69, 9.17) is 4.74 Å². The minimum atomic E-state index is -0.214. The van der Waals surface area contributed by atoms with Gasteiger partial charge in [-0.05, 0) is 18.6 Å². The lowest BCUT2D eigenvalue weighted by atomic mass is 9.91. The van der Waals surface area contributed by atoms with Gasteiger partial charge in [0.2, 0.25) is 0 Å². The number of fused-ring (bicyclic) bond motifs is 3. The standard InChI is InChI=1S/C20H20N2O2/c1-3-24-20(23)18-16(14-9-5-4-6-10-14)13-22-19(18)15-11-7-8-12-17(15)21(22)2/h4-12,16H,3,13H2,1-2H3. The molecule has 0 aromatic heterocycles. The second-order valence-corrected chi connectivity index (χ2v) is 6.07. The first-order valence-corrected chi connectivity index (χ1v) is 8.29. The smallest absolute Gasteiger partial charge is 0.336 e. The Hall–Kier alpha value is -2.75. The summed E-state index contributed by atoms with van der Waals surface area (Å²) >= 11 is 0. The molecule has 0 saturated carbocycles. The monoisotopic (exact) mass is 320 g/mol. The van der Waals surface area contributed by atoms with Crippen LogP contribution in [0.3, 0.4) is 0 Å². The van der Waals surface area contributed by atoms with Crippen molar-refractivity contribution in [1.29, 1.82) is 0 Å². The van der Waals surface area contributed by atoms with Crippen molar-refractivity contribution in [3.63, 3.8) is 0 Å². The van der Waals surface area contributed by atoms with Crippen molar-refractivity contribution in [1.82, 2.24) is 5.01 Å². The normalized spacial score (nSPS) is 18.7. The number of hydrogen-bond acceptors (Lipinski definition) is 4. The highest BCUT2D eigenvalue weighted by Gasteiger charge is 2.44. The van der Waals surface area contributed by atoms with Crippen molar-refractivity contribution in [2.45, 2.75) is 12.8 Å². The molecule has 4 nitrogen and oxygen atoms in total. The Kier molecular flexibility index (Phi) is 3.53. The highest BCUT2D eigenvalue weighted by Crippen LogP contribution is 2.49. The minimum Gasteiger partial charge on any atom is -0.463 e. The van der Waals surface area contributed by atoms with Crippen LogP contribution in [-0.4, -0.2) is 31.2 Å². The zero-order valence-electron chi connectivity index (χ0n) is 13.9. The Labute approximate surface area is 141 Å². The van der Waals surface area contributed by atoms with Crippen LogP contribution >= 0.6 is 0 Å². The third-order valence-corrected chi connectivity index (χ3v) is 4.78. The average molecular weight is 320 g/mol. The summed E-state index contributed by atoms with van der Waals surface area (Å²) < 4.78 is 5.39. The molecule has 0 spiro atoms. The summed E-state index contributed by atoms with van der Waals surface area (Å²) in [5, 5.41) is 4.32. The lowest BCUT2D eigenvalue weighted by Crippen LogP contribution is -2.33. The molecule has 122 valence electrons. The third-order valence-electron chi connectivity index (χ3n) is 4.78. The summed E-state index contributed by atoms with van der Waals surface area (Å²) in [4.78, 5) is 12.8. The van der Waals surface area contributed by atoms with Gasteiger partial charge in [-0.15, -0.1) is 0 Å². The molecule has 0 bridgehead atoms. The number of carbonyl (C=O) groups excluding carboxylic acids is 1. The third kappa shape index (κ3) is 2.10. The van der Waals surface area contributed by atoms with Crippen LogP contribution in [0.25, 0.3) is 5.70 Å². The molecule has 2 aliphatic rings. The van der Waals surface area contributed by atoms with E-state index in [9.17, 15) is 4.79 Å². The number of nitrogens with zero attached hydrogens (tertiary/aromatic N) is 2. The zero-order chi connectivity index (χ0) is 16.7. The van der Waals surface area contributed by atoms with Crippen molar-refractivity contribution in [2.75, 3.05) is 25.2 Å². The van der Waals surface area contributed by atoms with Crippen LogP contribution in [0.1, 0.15) is 24.0 Å². The molecular formula is C20H20N2O2. The fourth-order valence-electron chi connectivity index (χ4n) is 3.71. The topological polar surface area (TPSA) is 32.8 Å². The predicted octanol–water partition coefficient (Wildman–Crippen LogP) is 3.43. The van der Waals surface area contributed by atoms with Gasteiger partial charge in [-0.1, -0.05) is 48.5 Å². The Morgan fingerprint density at radius 1 is 1.12 bits per heavy atom. The number of anilines is 1. The Balaban J connectivity index is 1.89. The molecule has 2 aromatic rings. The molecule has 2 aromatic carbocycles. The molecule has 0 amide bonds. The van der Waals surface area contributed by atoms with E-state index in [0.717, 1.165) is 34.6 Å². The van der Waals surface area contributed by atoms with Crippen LogP contribution in [0, 0.1) is 0 Å². The van der Waals surface area contributed by atoms with Crippen LogP contribution in [-0.2, 0) is 9.53 Å². The lowest BCUT2D eigenvalue weighted by Gasteiger charge is -2.27. The summed E-state index contributed by atoms with van der Waals surface area (Å²) in [5.74, 6) is -0.190. The second-order valence-electron chi connectivity index (χ2n) is 6.07. The van der Waals surface area contributed by atoms with Gasteiger partial charge in [-0.3, -0.25) is 10.0 Å². The van der Waals surface area contributed by atoms with Crippen LogP contribution in [0.4, 0.5) is 5.69 Å². The highest BCUT2D eigenvalue weighted by atomic mass is 16.5. The largest absolute Gasteiger partial charge is 0.463 e. The van der Waals surface area contributed by atoms with Gasteiger partial charge in [0.15, 0.2) is 0 Å². The van der Waals surface area contributed by atoms with Gasteiger partial charge in [0, 0.05) is 18.5 Å².